The molecule has 21 heavy (non-hydrogen) atoms. The second-order valence-electron chi connectivity index (χ2n) is 5.23. The average molecular weight is 311 g/mol. The van der Waals surface area contributed by atoms with Crippen LogP contribution >= 0.6 is 11.8 Å². The van der Waals surface area contributed by atoms with Crippen molar-refractivity contribution in [2.75, 3.05) is 26.1 Å². The van der Waals surface area contributed by atoms with Gasteiger partial charge in [-0.3, -0.25) is 4.79 Å². The van der Waals surface area contributed by atoms with Gasteiger partial charge in [-0.05, 0) is 26.0 Å². The van der Waals surface area contributed by atoms with E-state index in [9.17, 15) is 4.79 Å². The molecule has 0 spiro atoms. The van der Waals surface area contributed by atoms with Crippen LogP contribution in [0.4, 0.5) is 0 Å². The lowest BCUT2D eigenvalue weighted by molar-refractivity contribution is -0.278. The first kappa shape index (κ1) is 16.3. The molecule has 1 aromatic carbocycles. The van der Waals surface area contributed by atoms with Gasteiger partial charge in [0.15, 0.2) is 0 Å². The summed E-state index contributed by atoms with van der Waals surface area (Å²) in [6.45, 7) is 4.55. The summed E-state index contributed by atoms with van der Waals surface area (Å²) in [7, 11) is 1.46. The number of carbonyl (C=O) groups excluding carboxylic acids is 1. The minimum Gasteiger partial charge on any atom is -0.354 e. The van der Waals surface area contributed by atoms with Gasteiger partial charge in [-0.2, -0.15) is 0 Å². The van der Waals surface area contributed by atoms with E-state index in [1.54, 1.807) is 4.90 Å². The molecule has 6 heteroatoms. The number of hydrogen-bond acceptors (Lipinski definition) is 5. The van der Waals surface area contributed by atoms with Crippen LogP contribution in [0.1, 0.15) is 13.8 Å². The molecule has 0 saturated carbocycles. The maximum Gasteiger partial charge on any atom is 0.235 e. The highest BCUT2D eigenvalue weighted by atomic mass is 32.2. The maximum atomic E-state index is 12.5. The smallest absolute Gasteiger partial charge is 0.235 e. The molecule has 116 valence electrons. The normalized spacial score (nSPS) is 20.7. The highest BCUT2D eigenvalue weighted by Gasteiger charge is 2.43. The summed E-state index contributed by atoms with van der Waals surface area (Å²) in [4.78, 5) is 25.0. The van der Waals surface area contributed by atoms with Gasteiger partial charge in [0, 0.05) is 4.90 Å². The lowest BCUT2D eigenvalue weighted by Crippen LogP contribution is -2.50. The minimum absolute atomic E-state index is 0.0380. The summed E-state index contributed by atoms with van der Waals surface area (Å²) >= 11 is 1.52. The van der Waals surface area contributed by atoms with E-state index in [-0.39, 0.29) is 11.9 Å². The van der Waals surface area contributed by atoms with Crippen molar-refractivity contribution in [2.24, 2.45) is 0 Å². The van der Waals surface area contributed by atoms with Gasteiger partial charge in [0.1, 0.15) is 12.3 Å². The second-order valence-corrected chi connectivity index (χ2v) is 6.28. The van der Waals surface area contributed by atoms with E-state index >= 15 is 0 Å². The molecule has 1 aliphatic rings. The van der Waals surface area contributed by atoms with Crippen molar-refractivity contribution < 1.29 is 19.3 Å². The largest absolute Gasteiger partial charge is 0.354 e. The first-order valence-electron chi connectivity index (χ1n) is 6.84. The van der Waals surface area contributed by atoms with Crippen LogP contribution in [0, 0.1) is 0 Å². The van der Waals surface area contributed by atoms with Crippen molar-refractivity contribution in [2.45, 2.75) is 30.5 Å². The molecule has 1 heterocycles. The van der Waals surface area contributed by atoms with E-state index in [0.29, 0.717) is 19.0 Å². The topological polar surface area (TPSA) is 48.0 Å². The molecule has 1 unspecified atom stereocenters. The fourth-order valence-electron chi connectivity index (χ4n) is 2.39. The Morgan fingerprint density at radius 3 is 2.81 bits per heavy atom. The zero-order chi connectivity index (χ0) is 15.3. The molecule has 1 aromatic rings. The van der Waals surface area contributed by atoms with Crippen LogP contribution in [0.15, 0.2) is 35.2 Å². The van der Waals surface area contributed by atoms with E-state index in [2.05, 4.69) is 4.89 Å². The molecule has 1 aliphatic heterocycles. The predicted octanol–water partition coefficient (Wildman–Crippen LogP) is 2.32. The van der Waals surface area contributed by atoms with Crippen LogP contribution < -0.4 is 0 Å². The van der Waals surface area contributed by atoms with Crippen molar-refractivity contribution >= 4 is 17.7 Å². The fraction of sp³-hybridized carbons (Fsp3) is 0.533. The number of thioether (sulfide) groups is 1. The Balaban J connectivity index is 1.97. The van der Waals surface area contributed by atoms with E-state index in [0.717, 1.165) is 4.90 Å². The van der Waals surface area contributed by atoms with E-state index in [4.69, 9.17) is 9.62 Å². The Hall–Kier alpha value is -1.08. The Labute approximate surface area is 129 Å². The maximum absolute atomic E-state index is 12.5. The molecular formula is C15H21NO4S. The summed E-state index contributed by atoms with van der Waals surface area (Å²) < 4.78 is 5.70. The molecule has 1 atom stereocenters. The number of carbonyl (C=O) groups is 1. The lowest BCUT2D eigenvalue weighted by Gasteiger charge is -2.33. The molecular weight excluding hydrogens is 290 g/mol. The number of hydrogen-bond donors (Lipinski definition) is 0. The zero-order valence-electron chi connectivity index (χ0n) is 12.6. The Bertz CT molecular complexity index is 466. The van der Waals surface area contributed by atoms with Gasteiger partial charge in [0.2, 0.25) is 5.91 Å². The molecule has 1 fully saturated rings. The second kappa shape index (κ2) is 7.26. The summed E-state index contributed by atoms with van der Waals surface area (Å²) in [5.41, 5.74) is -0.615. The summed E-state index contributed by atoms with van der Waals surface area (Å²) in [6, 6.07) is 9.76. The number of amides is 1. The van der Waals surface area contributed by atoms with Crippen LogP contribution in [0.25, 0.3) is 0 Å². The first-order chi connectivity index (χ1) is 10.0. The van der Waals surface area contributed by atoms with Crippen LogP contribution in [0.2, 0.25) is 0 Å². The molecule has 0 N–H and O–H groups in total. The van der Waals surface area contributed by atoms with Crippen molar-refractivity contribution in [1.29, 1.82) is 0 Å². The molecule has 0 aliphatic carbocycles. The molecule has 1 amide bonds. The highest BCUT2D eigenvalue weighted by Crippen LogP contribution is 2.29. The monoisotopic (exact) mass is 311 g/mol. The van der Waals surface area contributed by atoms with Crippen molar-refractivity contribution in [1.82, 2.24) is 4.90 Å². The number of ether oxygens (including phenoxy) is 1. The van der Waals surface area contributed by atoms with Crippen molar-refractivity contribution in [3.05, 3.63) is 30.3 Å². The van der Waals surface area contributed by atoms with Crippen LogP contribution in [0.3, 0.4) is 0 Å². The zero-order valence-corrected chi connectivity index (χ0v) is 13.4. The summed E-state index contributed by atoms with van der Waals surface area (Å²) in [5.74, 6) is 0.413. The highest BCUT2D eigenvalue weighted by molar-refractivity contribution is 8.00. The SMILES string of the molecule is COOCC1COC(C)(C)N1C(=O)CSc1ccccc1. The molecule has 1 saturated heterocycles. The van der Waals surface area contributed by atoms with Gasteiger partial charge >= 0.3 is 0 Å². The Morgan fingerprint density at radius 1 is 1.43 bits per heavy atom. The third-order valence-electron chi connectivity index (χ3n) is 3.33. The quantitative estimate of drug-likeness (QED) is 0.458. The third-order valence-corrected chi connectivity index (χ3v) is 4.32. The van der Waals surface area contributed by atoms with Gasteiger partial charge < -0.3 is 9.64 Å². The van der Waals surface area contributed by atoms with E-state index in [1.807, 2.05) is 44.2 Å². The van der Waals surface area contributed by atoms with Gasteiger partial charge in [-0.1, -0.05) is 18.2 Å². The Kier molecular flexibility index (Phi) is 5.64. The lowest BCUT2D eigenvalue weighted by atomic mass is 10.2. The van der Waals surface area contributed by atoms with E-state index < -0.39 is 5.72 Å². The van der Waals surface area contributed by atoms with Gasteiger partial charge in [0.25, 0.3) is 0 Å². The molecule has 0 aromatic heterocycles. The van der Waals surface area contributed by atoms with Crippen LogP contribution in [-0.4, -0.2) is 48.7 Å². The summed E-state index contributed by atoms with van der Waals surface area (Å²) in [5, 5.41) is 0. The fourth-order valence-corrected chi connectivity index (χ4v) is 3.17. The van der Waals surface area contributed by atoms with Gasteiger partial charge in [0.05, 0.1) is 25.5 Å². The minimum atomic E-state index is -0.615. The first-order valence-corrected chi connectivity index (χ1v) is 7.83. The van der Waals surface area contributed by atoms with Gasteiger partial charge in [-0.15, -0.1) is 11.8 Å². The average Bonchev–Trinajstić information content (AvgIpc) is 2.78. The summed E-state index contributed by atoms with van der Waals surface area (Å²) in [6.07, 6.45) is 0. The number of rotatable bonds is 6. The molecule has 2 rings (SSSR count). The van der Waals surface area contributed by atoms with Crippen molar-refractivity contribution in [3.63, 3.8) is 0 Å². The third kappa shape index (κ3) is 4.20. The van der Waals surface area contributed by atoms with Crippen LogP contribution in [0.5, 0.6) is 0 Å². The van der Waals surface area contributed by atoms with Crippen molar-refractivity contribution in [3.8, 4) is 0 Å². The standard InChI is InChI=1S/C15H21NO4S/c1-15(2)16(12(9-19-15)10-20-18-3)14(17)11-21-13-7-5-4-6-8-13/h4-8,12H,9-11H2,1-3H3. The number of benzene rings is 1. The van der Waals surface area contributed by atoms with E-state index in [1.165, 1.54) is 18.9 Å². The Morgan fingerprint density at radius 2 is 2.14 bits per heavy atom. The van der Waals surface area contributed by atoms with Gasteiger partial charge in [-0.25, -0.2) is 9.78 Å². The number of nitrogens with zero attached hydrogens (tertiary/aromatic N) is 1. The molecule has 5 nitrogen and oxygen atoms in total. The predicted molar refractivity (Wildman–Crippen MR) is 80.8 cm³/mol. The molecule has 0 bridgehead atoms. The van der Waals surface area contributed by atoms with Crippen LogP contribution in [-0.2, 0) is 19.3 Å². The molecule has 0 radical (unpaired) electrons.